The lowest BCUT2D eigenvalue weighted by atomic mass is 10.0. The third kappa shape index (κ3) is 4.53. The molecule has 2 aromatic carbocycles. The van der Waals surface area contributed by atoms with Gasteiger partial charge < -0.3 is 14.4 Å². The first-order valence-electron chi connectivity index (χ1n) is 9.21. The average molecular weight is 414 g/mol. The van der Waals surface area contributed by atoms with Crippen molar-refractivity contribution >= 4 is 5.91 Å². The molecule has 30 heavy (non-hydrogen) atoms. The van der Waals surface area contributed by atoms with Crippen LogP contribution in [0, 0.1) is 0 Å². The Balaban J connectivity index is 1.59. The van der Waals surface area contributed by atoms with E-state index in [9.17, 15) is 18.0 Å². The van der Waals surface area contributed by atoms with Crippen molar-refractivity contribution in [3.05, 3.63) is 78.1 Å². The third-order valence-corrected chi connectivity index (χ3v) is 4.62. The zero-order chi connectivity index (χ0) is 21.1. The van der Waals surface area contributed by atoms with E-state index in [2.05, 4.69) is 9.72 Å². The van der Waals surface area contributed by atoms with E-state index < -0.39 is 6.36 Å². The predicted molar refractivity (Wildman–Crippen MR) is 103 cm³/mol. The summed E-state index contributed by atoms with van der Waals surface area (Å²) in [5.41, 5.74) is 2.51. The fourth-order valence-electron chi connectivity index (χ4n) is 3.23. The van der Waals surface area contributed by atoms with E-state index in [0.29, 0.717) is 42.1 Å². The lowest BCUT2D eigenvalue weighted by Gasteiger charge is -2.19. The molecule has 8 heteroatoms. The highest BCUT2D eigenvalue weighted by atomic mass is 19.4. The first-order chi connectivity index (χ1) is 14.4. The minimum Gasteiger partial charge on any atom is -0.491 e. The minimum atomic E-state index is -4.74. The molecular formula is C22H17F3N2O3. The first-order valence-corrected chi connectivity index (χ1v) is 9.21. The first kappa shape index (κ1) is 19.8. The largest absolute Gasteiger partial charge is 0.573 e. The van der Waals surface area contributed by atoms with Gasteiger partial charge >= 0.3 is 6.36 Å². The number of rotatable bonds is 4. The minimum absolute atomic E-state index is 0.188. The summed E-state index contributed by atoms with van der Waals surface area (Å²) in [7, 11) is 0. The van der Waals surface area contributed by atoms with Gasteiger partial charge in [0.15, 0.2) is 0 Å². The highest BCUT2D eigenvalue weighted by Crippen LogP contribution is 2.31. The van der Waals surface area contributed by atoms with Crippen molar-refractivity contribution in [3.63, 3.8) is 0 Å². The van der Waals surface area contributed by atoms with E-state index in [1.807, 2.05) is 18.2 Å². The van der Waals surface area contributed by atoms with Crippen molar-refractivity contribution in [1.29, 1.82) is 0 Å². The molecule has 1 aliphatic heterocycles. The van der Waals surface area contributed by atoms with E-state index in [1.54, 1.807) is 29.3 Å². The van der Waals surface area contributed by atoms with Crippen LogP contribution < -0.4 is 9.47 Å². The van der Waals surface area contributed by atoms with E-state index in [1.165, 1.54) is 24.3 Å². The molecular weight excluding hydrogens is 397 g/mol. The lowest BCUT2D eigenvalue weighted by molar-refractivity contribution is -0.274. The van der Waals surface area contributed by atoms with Gasteiger partial charge in [-0.05, 0) is 47.5 Å². The summed E-state index contributed by atoms with van der Waals surface area (Å²) >= 11 is 0. The van der Waals surface area contributed by atoms with Crippen molar-refractivity contribution in [2.45, 2.75) is 12.9 Å². The van der Waals surface area contributed by atoms with Crippen LogP contribution in [0.25, 0.3) is 11.1 Å². The fraction of sp³-hybridized carbons (Fsp3) is 0.182. The summed E-state index contributed by atoms with van der Waals surface area (Å²) in [4.78, 5) is 19.0. The van der Waals surface area contributed by atoms with Crippen molar-refractivity contribution in [1.82, 2.24) is 9.88 Å². The van der Waals surface area contributed by atoms with Crippen molar-refractivity contribution < 1.29 is 27.4 Å². The molecule has 0 fully saturated rings. The molecule has 0 aliphatic carbocycles. The third-order valence-electron chi connectivity index (χ3n) is 4.62. The van der Waals surface area contributed by atoms with Gasteiger partial charge in [0, 0.05) is 6.20 Å². The quantitative estimate of drug-likeness (QED) is 0.622. The number of hydrogen-bond acceptors (Lipinski definition) is 4. The summed E-state index contributed by atoms with van der Waals surface area (Å²) < 4.78 is 46.7. The monoisotopic (exact) mass is 414 g/mol. The van der Waals surface area contributed by atoms with Crippen LogP contribution in [-0.4, -0.2) is 35.3 Å². The van der Waals surface area contributed by atoms with Gasteiger partial charge in [0.1, 0.15) is 18.1 Å². The van der Waals surface area contributed by atoms with Crippen LogP contribution in [-0.2, 0) is 6.54 Å². The van der Waals surface area contributed by atoms with E-state index in [4.69, 9.17) is 4.74 Å². The molecule has 4 rings (SSSR count). The van der Waals surface area contributed by atoms with E-state index in [0.717, 1.165) is 5.69 Å². The van der Waals surface area contributed by atoms with Crippen LogP contribution in [0.3, 0.4) is 0 Å². The number of nitrogens with zero attached hydrogens (tertiary/aromatic N) is 2. The number of aromatic nitrogens is 1. The number of carbonyl (C=O) groups excluding carboxylic acids is 1. The Morgan fingerprint density at radius 2 is 1.80 bits per heavy atom. The molecule has 2 heterocycles. The number of fused-ring (bicyclic) bond motifs is 1. The van der Waals surface area contributed by atoms with Gasteiger partial charge in [-0.2, -0.15) is 0 Å². The van der Waals surface area contributed by atoms with Gasteiger partial charge in [0.2, 0.25) is 0 Å². The Hall–Kier alpha value is -3.55. The van der Waals surface area contributed by atoms with Gasteiger partial charge in [-0.25, -0.2) is 0 Å². The number of amides is 1. The Labute approximate surface area is 170 Å². The molecule has 0 saturated carbocycles. The Kier molecular flexibility index (Phi) is 5.31. The number of carbonyl (C=O) groups is 1. The maximum Gasteiger partial charge on any atom is 0.573 e. The van der Waals surface area contributed by atoms with Gasteiger partial charge in [0.25, 0.3) is 5.91 Å². The van der Waals surface area contributed by atoms with Gasteiger partial charge in [-0.15, -0.1) is 13.2 Å². The van der Waals surface area contributed by atoms with E-state index in [-0.39, 0.29) is 11.7 Å². The number of benzene rings is 2. The van der Waals surface area contributed by atoms with Crippen LogP contribution in [0.4, 0.5) is 13.2 Å². The summed E-state index contributed by atoms with van der Waals surface area (Å²) in [6.07, 6.45) is -3.07. The molecule has 1 amide bonds. The smallest absolute Gasteiger partial charge is 0.491 e. The lowest BCUT2D eigenvalue weighted by Crippen LogP contribution is -2.32. The number of halogens is 3. The SMILES string of the molecule is O=C1c2cc(-c3ccc(OC(F)(F)F)cc3)ccc2OCCN1Cc1ccccn1. The van der Waals surface area contributed by atoms with Crippen LogP contribution in [0.1, 0.15) is 16.1 Å². The Bertz CT molecular complexity index is 1040. The van der Waals surface area contributed by atoms with Crippen LogP contribution in [0.15, 0.2) is 66.9 Å². The van der Waals surface area contributed by atoms with Crippen LogP contribution in [0.5, 0.6) is 11.5 Å². The van der Waals surface area contributed by atoms with Crippen molar-refractivity contribution in [3.8, 4) is 22.6 Å². The summed E-state index contributed by atoms with van der Waals surface area (Å²) in [5.74, 6) is -0.0155. The number of ether oxygens (including phenoxy) is 2. The fourth-order valence-corrected chi connectivity index (χ4v) is 3.23. The van der Waals surface area contributed by atoms with Crippen LogP contribution >= 0.6 is 0 Å². The zero-order valence-electron chi connectivity index (χ0n) is 15.7. The summed E-state index contributed by atoms with van der Waals surface area (Å²) in [6, 6.07) is 16.2. The van der Waals surface area contributed by atoms with E-state index >= 15 is 0 Å². The molecule has 0 radical (unpaired) electrons. The highest BCUT2D eigenvalue weighted by molar-refractivity contribution is 5.98. The second-order valence-electron chi connectivity index (χ2n) is 6.68. The molecule has 154 valence electrons. The average Bonchev–Trinajstić information content (AvgIpc) is 2.87. The number of pyridine rings is 1. The second-order valence-corrected chi connectivity index (χ2v) is 6.68. The molecule has 1 aromatic heterocycles. The molecule has 1 aliphatic rings. The molecule has 3 aromatic rings. The molecule has 0 unspecified atom stereocenters. The Morgan fingerprint density at radius 1 is 1.03 bits per heavy atom. The van der Waals surface area contributed by atoms with Crippen molar-refractivity contribution in [2.75, 3.05) is 13.2 Å². The number of alkyl halides is 3. The van der Waals surface area contributed by atoms with Gasteiger partial charge in [-0.3, -0.25) is 9.78 Å². The van der Waals surface area contributed by atoms with Gasteiger partial charge in [0.05, 0.1) is 24.3 Å². The predicted octanol–water partition coefficient (Wildman–Crippen LogP) is 4.68. The molecule has 0 saturated heterocycles. The maximum absolute atomic E-state index is 13.1. The maximum atomic E-state index is 13.1. The van der Waals surface area contributed by atoms with Crippen LogP contribution in [0.2, 0.25) is 0 Å². The summed E-state index contributed by atoms with van der Waals surface area (Å²) in [5, 5.41) is 0. The summed E-state index contributed by atoms with van der Waals surface area (Å²) in [6.45, 7) is 1.13. The molecule has 5 nitrogen and oxygen atoms in total. The second kappa shape index (κ2) is 8.06. The molecule has 0 N–H and O–H groups in total. The zero-order valence-corrected chi connectivity index (χ0v) is 15.7. The van der Waals surface area contributed by atoms with Crippen molar-refractivity contribution in [2.24, 2.45) is 0 Å². The topological polar surface area (TPSA) is 51.7 Å². The normalized spacial score (nSPS) is 14.0. The standard InChI is InChI=1S/C22H17F3N2O3/c23-22(24,25)30-18-7-4-15(5-8-18)16-6-9-20-19(13-16)21(28)27(11-12-29-20)14-17-3-1-2-10-26-17/h1-10,13H,11-12,14H2. The van der Waals surface area contributed by atoms with Gasteiger partial charge in [-0.1, -0.05) is 24.3 Å². The number of hydrogen-bond donors (Lipinski definition) is 0. The molecule has 0 atom stereocenters. The Morgan fingerprint density at radius 3 is 2.50 bits per heavy atom. The highest BCUT2D eigenvalue weighted by Gasteiger charge is 2.31. The molecule has 0 bridgehead atoms. The molecule has 0 spiro atoms.